The predicted octanol–water partition coefficient (Wildman–Crippen LogP) is -0.465. The van der Waals surface area contributed by atoms with Crippen molar-refractivity contribution in [2.45, 2.75) is 19.4 Å². The van der Waals surface area contributed by atoms with Gasteiger partial charge >= 0.3 is 0 Å². The summed E-state index contributed by atoms with van der Waals surface area (Å²) < 4.78 is 23.0. The first-order valence-electron chi connectivity index (χ1n) is 8.27. The quantitative estimate of drug-likeness (QED) is 0.782. The maximum Gasteiger partial charge on any atom is 0.270 e. The van der Waals surface area contributed by atoms with Crippen LogP contribution in [0.2, 0.25) is 0 Å². The maximum absolute atomic E-state index is 12.3. The lowest BCUT2D eigenvalue weighted by molar-refractivity contribution is 0.0936. The van der Waals surface area contributed by atoms with E-state index in [0.717, 1.165) is 38.5 Å². The minimum absolute atomic E-state index is 0.00958. The summed E-state index contributed by atoms with van der Waals surface area (Å²) >= 11 is 0. The zero-order chi connectivity index (χ0) is 17.2. The second-order valence-electron chi connectivity index (χ2n) is 6.26. The number of sulfone groups is 1. The molecule has 8 nitrogen and oxygen atoms in total. The number of carbonyl (C=O) groups excluding carboxylic acids is 1. The molecule has 0 aromatic carbocycles. The van der Waals surface area contributed by atoms with Gasteiger partial charge in [0.25, 0.3) is 5.91 Å². The monoisotopic (exact) mass is 353 g/mol. The van der Waals surface area contributed by atoms with Gasteiger partial charge in [-0.3, -0.25) is 4.79 Å². The summed E-state index contributed by atoms with van der Waals surface area (Å²) in [6, 6.07) is 1.36. The van der Waals surface area contributed by atoms with Crippen LogP contribution in [0.3, 0.4) is 0 Å². The highest BCUT2D eigenvalue weighted by Gasteiger charge is 2.29. The van der Waals surface area contributed by atoms with E-state index in [1.165, 1.54) is 6.33 Å². The van der Waals surface area contributed by atoms with Crippen molar-refractivity contribution in [3.63, 3.8) is 0 Å². The number of nitrogens with one attached hydrogen (secondary N) is 1. The highest BCUT2D eigenvalue weighted by atomic mass is 32.2. The molecule has 1 amide bonds. The van der Waals surface area contributed by atoms with E-state index in [2.05, 4.69) is 32.0 Å². The minimum atomic E-state index is -3.02. The van der Waals surface area contributed by atoms with Crippen LogP contribution in [0.5, 0.6) is 0 Å². The number of rotatable bonds is 4. The largest absolute Gasteiger partial charge is 0.354 e. The molecule has 24 heavy (non-hydrogen) atoms. The third-order valence-corrected chi connectivity index (χ3v) is 6.36. The Kier molecular flexibility index (Phi) is 5.00. The lowest BCUT2D eigenvalue weighted by atomic mass is 10.2. The van der Waals surface area contributed by atoms with Crippen LogP contribution in [0.25, 0.3) is 0 Å². The third kappa shape index (κ3) is 4.02. The van der Waals surface area contributed by atoms with Gasteiger partial charge in [0.05, 0.1) is 11.5 Å². The minimum Gasteiger partial charge on any atom is -0.354 e. The Labute approximate surface area is 142 Å². The van der Waals surface area contributed by atoms with Crippen LogP contribution in [-0.2, 0) is 9.84 Å². The summed E-state index contributed by atoms with van der Waals surface area (Å²) in [4.78, 5) is 25.1. The Morgan fingerprint density at radius 1 is 1.29 bits per heavy atom. The Morgan fingerprint density at radius 3 is 2.67 bits per heavy atom. The topological polar surface area (TPSA) is 95.5 Å². The predicted molar refractivity (Wildman–Crippen MR) is 90.9 cm³/mol. The van der Waals surface area contributed by atoms with Crippen LogP contribution in [0.4, 0.5) is 5.82 Å². The van der Waals surface area contributed by atoms with Crippen LogP contribution < -0.4 is 10.2 Å². The molecule has 3 rings (SSSR count). The van der Waals surface area contributed by atoms with Crippen molar-refractivity contribution in [1.29, 1.82) is 0 Å². The fourth-order valence-electron chi connectivity index (χ4n) is 3.11. The number of aromatic nitrogens is 2. The van der Waals surface area contributed by atoms with E-state index in [-0.39, 0.29) is 29.1 Å². The van der Waals surface area contributed by atoms with Gasteiger partial charge in [-0.15, -0.1) is 0 Å². The summed E-state index contributed by atoms with van der Waals surface area (Å²) in [7, 11) is -3.02. The Hall–Kier alpha value is -1.74. The molecule has 2 fully saturated rings. The van der Waals surface area contributed by atoms with Gasteiger partial charge in [-0.1, -0.05) is 6.92 Å². The maximum atomic E-state index is 12.3. The van der Waals surface area contributed by atoms with E-state index in [1.54, 1.807) is 6.07 Å². The van der Waals surface area contributed by atoms with E-state index in [4.69, 9.17) is 0 Å². The molecule has 0 radical (unpaired) electrons. The molecule has 9 heteroatoms. The molecule has 2 saturated heterocycles. The van der Waals surface area contributed by atoms with Crippen LogP contribution in [0.1, 0.15) is 23.8 Å². The number of carbonyl (C=O) groups is 1. The average molecular weight is 353 g/mol. The van der Waals surface area contributed by atoms with Crippen molar-refractivity contribution in [2.75, 3.05) is 49.1 Å². The summed E-state index contributed by atoms with van der Waals surface area (Å²) in [6.45, 7) is 6.87. The van der Waals surface area contributed by atoms with Crippen molar-refractivity contribution in [3.8, 4) is 0 Å². The van der Waals surface area contributed by atoms with E-state index < -0.39 is 9.84 Å². The van der Waals surface area contributed by atoms with Crippen LogP contribution in [-0.4, -0.2) is 79.5 Å². The summed E-state index contributed by atoms with van der Waals surface area (Å²) in [5.74, 6) is 0.544. The Balaban J connectivity index is 1.64. The van der Waals surface area contributed by atoms with Gasteiger partial charge in [0.15, 0.2) is 9.84 Å². The molecule has 132 valence electrons. The normalized spacial score (nSPS) is 24.0. The van der Waals surface area contributed by atoms with Gasteiger partial charge < -0.3 is 15.1 Å². The van der Waals surface area contributed by atoms with E-state index in [9.17, 15) is 13.2 Å². The van der Waals surface area contributed by atoms with Crippen LogP contribution in [0.15, 0.2) is 12.4 Å². The van der Waals surface area contributed by atoms with Gasteiger partial charge in [-0.25, -0.2) is 18.4 Å². The molecule has 1 unspecified atom stereocenters. The van der Waals surface area contributed by atoms with Crippen LogP contribution >= 0.6 is 0 Å². The zero-order valence-corrected chi connectivity index (χ0v) is 14.6. The third-order valence-electron chi connectivity index (χ3n) is 4.60. The summed E-state index contributed by atoms with van der Waals surface area (Å²) in [6.07, 6.45) is 1.85. The molecule has 0 bridgehead atoms. The van der Waals surface area contributed by atoms with Crippen molar-refractivity contribution in [1.82, 2.24) is 20.2 Å². The smallest absolute Gasteiger partial charge is 0.270 e. The van der Waals surface area contributed by atoms with Gasteiger partial charge in [0.2, 0.25) is 0 Å². The van der Waals surface area contributed by atoms with Gasteiger partial charge in [0.1, 0.15) is 17.8 Å². The number of hydrogen-bond acceptors (Lipinski definition) is 7. The van der Waals surface area contributed by atoms with Gasteiger partial charge in [0, 0.05) is 38.3 Å². The highest BCUT2D eigenvalue weighted by Crippen LogP contribution is 2.15. The second kappa shape index (κ2) is 7.02. The van der Waals surface area contributed by atoms with Gasteiger partial charge in [-0.2, -0.15) is 0 Å². The standard InChI is InChI=1S/C15H23N5O3S/c1-2-19-4-6-20(7-5-19)14-9-13(16-11-17-14)15(21)18-12-3-8-24(22,23)10-12/h9,11-12H,2-8,10H2,1H3,(H,18,21). The molecule has 2 aliphatic heterocycles. The molecule has 0 spiro atoms. The highest BCUT2D eigenvalue weighted by molar-refractivity contribution is 7.91. The lowest BCUT2D eigenvalue weighted by Gasteiger charge is -2.34. The SMILES string of the molecule is CCN1CCN(c2cc(C(=O)NC3CCS(=O)(=O)C3)ncn2)CC1. The molecule has 1 atom stereocenters. The van der Waals surface area contributed by atoms with E-state index in [1.807, 2.05) is 0 Å². The molecule has 3 heterocycles. The van der Waals surface area contributed by atoms with Crippen molar-refractivity contribution < 1.29 is 13.2 Å². The molecular formula is C15H23N5O3S. The van der Waals surface area contributed by atoms with Gasteiger partial charge in [-0.05, 0) is 13.0 Å². The first kappa shape index (κ1) is 17.1. The summed E-state index contributed by atoms with van der Waals surface area (Å²) in [5, 5.41) is 2.76. The van der Waals surface area contributed by atoms with Crippen molar-refractivity contribution in [2.24, 2.45) is 0 Å². The number of likely N-dealkylation sites (N-methyl/N-ethyl adjacent to an activating group) is 1. The van der Waals surface area contributed by atoms with E-state index in [0.29, 0.717) is 6.42 Å². The second-order valence-corrected chi connectivity index (χ2v) is 8.48. The molecule has 2 aliphatic rings. The Morgan fingerprint density at radius 2 is 2.04 bits per heavy atom. The first-order valence-corrected chi connectivity index (χ1v) is 10.1. The van der Waals surface area contributed by atoms with Crippen LogP contribution in [0, 0.1) is 0 Å². The molecular weight excluding hydrogens is 330 g/mol. The Bertz CT molecular complexity index is 701. The number of piperazine rings is 1. The molecule has 1 N–H and O–H groups in total. The zero-order valence-electron chi connectivity index (χ0n) is 13.8. The fourth-order valence-corrected chi connectivity index (χ4v) is 4.78. The number of nitrogens with zero attached hydrogens (tertiary/aromatic N) is 4. The number of anilines is 1. The molecule has 0 saturated carbocycles. The fraction of sp³-hybridized carbons (Fsp3) is 0.667. The molecule has 0 aliphatic carbocycles. The average Bonchev–Trinajstić information content (AvgIpc) is 2.93. The summed E-state index contributed by atoms with van der Waals surface area (Å²) in [5.41, 5.74) is 0.280. The van der Waals surface area contributed by atoms with Crippen molar-refractivity contribution >= 4 is 21.6 Å². The lowest BCUT2D eigenvalue weighted by Crippen LogP contribution is -2.46. The number of amides is 1. The molecule has 1 aromatic heterocycles. The molecule has 1 aromatic rings. The van der Waals surface area contributed by atoms with E-state index >= 15 is 0 Å². The number of hydrogen-bond donors (Lipinski definition) is 1. The van der Waals surface area contributed by atoms with Crippen molar-refractivity contribution in [3.05, 3.63) is 18.1 Å². The first-order chi connectivity index (χ1) is 11.5.